The topological polar surface area (TPSA) is 9.23 Å². The molecule has 0 rings (SSSR count). The highest BCUT2D eigenvalue weighted by molar-refractivity contribution is 5.97. The molecule has 5 heavy (non-hydrogen) atoms. The summed E-state index contributed by atoms with van der Waals surface area (Å²) in [5, 5.41) is 0. The Morgan fingerprint density at radius 3 is 2.00 bits per heavy atom. The summed E-state index contributed by atoms with van der Waals surface area (Å²) in [6.45, 7) is 2.64. The molecular formula is C2H5OSi2. The van der Waals surface area contributed by atoms with Crippen LogP contribution in [0.3, 0.4) is 0 Å². The molecule has 0 spiro atoms. The van der Waals surface area contributed by atoms with Gasteiger partial charge < -0.3 is 4.43 Å². The predicted octanol–water partition coefficient (Wildman–Crippen LogP) is -0.274. The second kappa shape index (κ2) is 8.83. The average Bonchev–Trinajstić information content (AvgIpc) is 1.37. The molecule has 3 heteroatoms. The molecular weight excluding hydrogens is 96.2 g/mol. The largest absolute Gasteiger partial charge is 0.419 e. The molecule has 0 atom stereocenters. The van der Waals surface area contributed by atoms with Crippen molar-refractivity contribution < 1.29 is 4.43 Å². The summed E-state index contributed by atoms with van der Waals surface area (Å²) in [5.41, 5.74) is 0. The molecule has 0 N–H and O–H groups in total. The maximum Gasteiger partial charge on any atom is 0.246 e. The van der Waals surface area contributed by atoms with Crippen LogP contribution in [0, 0.1) is 0 Å². The van der Waals surface area contributed by atoms with E-state index in [2.05, 4.69) is 14.9 Å². The molecule has 1 nitrogen and oxygen atoms in total. The molecule has 0 saturated carbocycles. The zero-order chi connectivity index (χ0) is 3.41. The van der Waals surface area contributed by atoms with Gasteiger partial charge in [0.15, 0.2) is 0 Å². The maximum absolute atomic E-state index is 4.35. The summed E-state index contributed by atoms with van der Waals surface area (Å²) in [6, 6.07) is 0. The lowest BCUT2D eigenvalue weighted by atomic mass is 10.9. The van der Waals surface area contributed by atoms with Crippen LogP contribution >= 0.6 is 0 Å². The molecule has 0 aromatic carbocycles. The summed E-state index contributed by atoms with van der Waals surface area (Å²) in [6.07, 6.45) is 0. The fourth-order valence-electron chi connectivity index (χ4n) is 0. The first-order valence-electron chi connectivity index (χ1n) is 1.20. The minimum Gasteiger partial charge on any atom is -0.419 e. The van der Waals surface area contributed by atoms with Gasteiger partial charge in [-0.2, -0.15) is 0 Å². The Labute approximate surface area is 40.3 Å². The van der Waals surface area contributed by atoms with Gasteiger partial charge in [-0.15, -0.1) is 0 Å². The van der Waals surface area contributed by atoms with Crippen molar-refractivity contribution in [2.24, 2.45) is 0 Å². The molecule has 0 amide bonds. The Bertz CT molecular complexity index is 9.61. The average molecular weight is 101 g/mol. The van der Waals surface area contributed by atoms with E-state index in [0.717, 1.165) is 6.61 Å². The fraction of sp³-hybridized carbons (Fsp3) is 1.00. The molecule has 7 radical (unpaired) electrons. The number of hydrogen-bond acceptors (Lipinski definition) is 1. The van der Waals surface area contributed by atoms with Crippen LogP contribution in [0.25, 0.3) is 0 Å². The summed E-state index contributed by atoms with van der Waals surface area (Å²) in [7, 11) is 2.79. The van der Waals surface area contributed by atoms with Crippen LogP contribution in [0.1, 0.15) is 6.92 Å². The van der Waals surface area contributed by atoms with E-state index in [4.69, 9.17) is 0 Å². The third-order valence-corrected chi connectivity index (χ3v) is 0.433. The van der Waals surface area contributed by atoms with Crippen molar-refractivity contribution in [1.82, 2.24) is 0 Å². The van der Waals surface area contributed by atoms with E-state index in [1.165, 1.54) is 0 Å². The molecule has 0 saturated heterocycles. The van der Waals surface area contributed by atoms with Crippen molar-refractivity contribution in [2.45, 2.75) is 6.92 Å². The van der Waals surface area contributed by atoms with E-state index >= 15 is 0 Å². The van der Waals surface area contributed by atoms with Crippen LogP contribution in [-0.2, 0) is 4.43 Å². The highest BCUT2D eigenvalue weighted by Gasteiger charge is 1.53. The predicted molar refractivity (Wildman–Crippen MR) is 23.1 cm³/mol. The van der Waals surface area contributed by atoms with Gasteiger partial charge in [0, 0.05) is 17.6 Å². The monoisotopic (exact) mass is 101 g/mol. The van der Waals surface area contributed by atoms with Crippen LogP contribution in [-0.4, -0.2) is 28.1 Å². The van der Waals surface area contributed by atoms with Gasteiger partial charge >= 0.3 is 0 Å². The third-order valence-electron chi connectivity index (χ3n) is 0.144. The van der Waals surface area contributed by atoms with E-state index in [1.807, 2.05) is 6.92 Å². The highest BCUT2D eigenvalue weighted by atomic mass is 28.2. The van der Waals surface area contributed by atoms with Crippen molar-refractivity contribution in [3.05, 3.63) is 0 Å². The molecule has 0 aromatic rings. The lowest BCUT2D eigenvalue weighted by Crippen LogP contribution is -1.76. The molecule has 0 heterocycles. The minimum absolute atomic E-state index is 0. The van der Waals surface area contributed by atoms with E-state index in [0.29, 0.717) is 0 Å². The van der Waals surface area contributed by atoms with Crippen LogP contribution in [0.5, 0.6) is 0 Å². The molecule has 0 aromatic heterocycles. The van der Waals surface area contributed by atoms with Gasteiger partial charge in [-0.3, -0.25) is 0 Å². The van der Waals surface area contributed by atoms with Gasteiger partial charge in [-0.1, -0.05) is 0 Å². The lowest BCUT2D eigenvalue weighted by molar-refractivity contribution is 0.375. The number of hydrogen-bond donors (Lipinski definition) is 0. The smallest absolute Gasteiger partial charge is 0.246 e. The summed E-state index contributed by atoms with van der Waals surface area (Å²) in [4.78, 5) is 0. The van der Waals surface area contributed by atoms with E-state index in [-0.39, 0.29) is 11.0 Å². The Kier molecular flexibility index (Phi) is 16.0. The van der Waals surface area contributed by atoms with Crippen LogP contribution in [0.4, 0.5) is 0 Å². The van der Waals surface area contributed by atoms with Gasteiger partial charge in [0.2, 0.25) is 10.5 Å². The van der Waals surface area contributed by atoms with Crippen LogP contribution < -0.4 is 0 Å². The summed E-state index contributed by atoms with van der Waals surface area (Å²) >= 11 is 0. The Morgan fingerprint density at radius 2 is 2.00 bits per heavy atom. The summed E-state index contributed by atoms with van der Waals surface area (Å²) < 4.78 is 4.35. The van der Waals surface area contributed by atoms with Gasteiger partial charge in [-0.25, -0.2) is 0 Å². The van der Waals surface area contributed by atoms with E-state index in [9.17, 15) is 0 Å². The Balaban J connectivity index is 0. The second-order valence-corrected chi connectivity index (χ2v) is 0.722. The first-order valence-corrected chi connectivity index (χ1v) is 1.61. The molecule has 0 aliphatic carbocycles. The fourth-order valence-corrected chi connectivity index (χ4v) is 0. The molecule has 27 valence electrons. The standard InChI is InChI=1S/C2H5OSi.Si/c1-2-3-4;/h2H2,1H3;. The first-order chi connectivity index (χ1) is 1.91. The van der Waals surface area contributed by atoms with Gasteiger partial charge in [0.05, 0.1) is 0 Å². The van der Waals surface area contributed by atoms with Crippen molar-refractivity contribution >= 4 is 21.5 Å². The second-order valence-electron chi connectivity index (χ2n) is 0.433. The molecule has 0 aliphatic rings. The van der Waals surface area contributed by atoms with E-state index < -0.39 is 0 Å². The third kappa shape index (κ3) is 13.0. The highest BCUT2D eigenvalue weighted by Crippen LogP contribution is 1.50. The SMILES string of the molecule is CCO[Si].[Si]. The van der Waals surface area contributed by atoms with Crippen LogP contribution in [0.2, 0.25) is 0 Å². The quantitative estimate of drug-likeness (QED) is 0.413. The van der Waals surface area contributed by atoms with Crippen LogP contribution in [0.15, 0.2) is 0 Å². The molecule has 0 unspecified atom stereocenters. The van der Waals surface area contributed by atoms with Crippen molar-refractivity contribution in [1.29, 1.82) is 0 Å². The van der Waals surface area contributed by atoms with Crippen molar-refractivity contribution in [2.75, 3.05) is 6.61 Å². The Hall–Kier alpha value is 0.394. The molecule has 0 fully saturated rings. The van der Waals surface area contributed by atoms with Crippen molar-refractivity contribution in [3.63, 3.8) is 0 Å². The summed E-state index contributed by atoms with van der Waals surface area (Å²) in [5.74, 6) is 0. The first kappa shape index (κ1) is 9.04. The molecule has 0 bridgehead atoms. The normalized spacial score (nSPS) is 6.00. The van der Waals surface area contributed by atoms with Gasteiger partial charge in [0.25, 0.3) is 0 Å². The van der Waals surface area contributed by atoms with Gasteiger partial charge in [0.1, 0.15) is 0 Å². The van der Waals surface area contributed by atoms with Gasteiger partial charge in [-0.05, 0) is 6.92 Å². The Morgan fingerprint density at radius 1 is 1.80 bits per heavy atom. The zero-order valence-electron chi connectivity index (χ0n) is 3.12. The molecule has 0 aliphatic heterocycles. The number of rotatable bonds is 1. The lowest BCUT2D eigenvalue weighted by Gasteiger charge is -1.75. The maximum atomic E-state index is 4.35. The van der Waals surface area contributed by atoms with Crippen molar-refractivity contribution in [3.8, 4) is 0 Å². The van der Waals surface area contributed by atoms with E-state index in [1.54, 1.807) is 0 Å². The minimum atomic E-state index is 0. The zero-order valence-corrected chi connectivity index (χ0v) is 5.12.